The van der Waals surface area contributed by atoms with E-state index in [4.69, 9.17) is 28.2 Å². The highest BCUT2D eigenvalue weighted by Crippen LogP contribution is 2.40. The monoisotopic (exact) mass is 534 g/mol. The smallest absolute Gasteiger partial charge is 0.296 e. The number of nitrogens with zero attached hydrogens (tertiary/aromatic N) is 2. The highest BCUT2D eigenvalue weighted by Gasteiger charge is 2.24. The molecule has 0 saturated carbocycles. The van der Waals surface area contributed by atoms with E-state index in [1.807, 2.05) is 54.6 Å². The van der Waals surface area contributed by atoms with Crippen LogP contribution in [0, 0.1) is 0 Å². The van der Waals surface area contributed by atoms with Crippen LogP contribution in [0.2, 0.25) is 10.0 Å². The van der Waals surface area contributed by atoms with E-state index in [0.717, 1.165) is 27.8 Å². The second-order valence-corrected chi connectivity index (χ2v) is 10.5. The first kappa shape index (κ1) is 22.8. The Labute approximate surface area is 215 Å². The van der Waals surface area contributed by atoms with Gasteiger partial charge in [-0.1, -0.05) is 23.2 Å². The Hall–Kier alpha value is -3.69. The van der Waals surface area contributed by atoms with Crippen molar-refractivity contribution in [2.45, 2.75) is 4.90 Å². The molecule has 7 nitrogen and oxygen atoms in total. The highest BCUT2D eigenvalue weighted by molar-refractivity contribution is 7.86. The van der Waals surface area contributed by atoms with E-state index in [0.29, 0.717) is 22.7 Å². The molecule has 10 heteroatoms. The second kappa shape index (κ2) is 8.46. The van der Waals surface area contributed by atoms with Crippen molar-refractivity contribution in [1.82, 2.24) is 19.9 Å². The Balaban J connectivity index is 1.66. The maximum atomic E-state index is 11.9. The molecule has 3 N–H and O–H groups in total. The lowest BCUT2D eigenvalue weighted by Gasteiger charge is -2.11. The van der Waals surface area contributed by atoms with Crippen LogP contribution in [0.15, 0.2) is 65.6 Å². The van der Waals surface area contributed by atoms with E-state index in [9.17, 15) is 13.0 Å². The molecule has 0 atom stereocenters. The summed E-state index contributed by atoms with van der Waals surface area (Å²) in [6, 6.07) is 18.0. The molecular formula is C26H16Cl2N4O3S. The lowest BCUT2D eigenvalue weighted by Crippen LogP contribution is -2.01. The minimum Gasteiger partial charge on any atom is -0.355 e. The Morgan fingerprint density at radius 3 is 1.94 bits per heavy atom. The Bertz CT molecular complexity index is 1900. The molecule has 4 aromatic rings. The zero-order chi connectivity index (χ0) is 25.0. The van der Waals surface area contributed by atoms with Gasteiger partial charge in [-0.15, -0.1) is 0 Å². The molecule has 0 unspecified atom stereocenters. The van der Waals surface area contributed by atoms with Crippen molar-refractivity contribution in [2.75, 3.05) is 0 Å². The zero-order valence-electron chi connectivity index (χ0n) is 18.3. The molecule has 178 valence electrons. The van der Waals surface area contributed by atoms with E-state index >= 15 is 0 Å². The molecule has 2 aliphatic rings. The van der Waals surface area contributed by atoms with Crippen molar-refractivity contribution >= 4 is 79.2 Å². The van der Waals surface area contributed by atoms with E-state index < -0.39 is 15.0 Å². The molecule has 0 radical (unpaired) electrons. The number of aromatic amines is 2. The van der Waals surface area contributed by atoms with Gasteiger partial charge in [0.05, 0.1) is 32.8 Å². The number of nitrogens with one attached hydrogen (secondary N) is 2. The van der Waals surface area contributed by atoms with Crippen LogP contribution in [0.1, 0.15) is 28.3 Å². The normalized spacial score (nSPS) is 13.1. The van der Waals surface area contributed by atoms with Crippen molar-refractivity contribution in [2.24, 2.45) is 0 Å². The van der Waals surface area contributed by atoms with Crippen LogP contribution in [0.5, 0.6) is 0 Å². The summed E-state index contributed by atoms with van der Waals surface area (Å²) in [7, 11) is -4.57. The number of rotatable bonds is 2. The summed E-state index contributed by atoms with van der Waals surface area (Å²) in [6.07, 6.45) is 5.51. The lowest BCUT2D eigenvalue weighted by atomic mass is 10.0. The van der Waals surface area contributed by atoms with Crippen molar-refractivity contribution in [3.63, 3.8) is 0 Å². The van der Waals surface area contributed by atoms with Crippen LogP contribution in [0.4, 0.5) is 0 Å². The fraction of sp³-hybridized carbons (Fsp3) is 0. The van der Waals surface area contributed by atoms with Crippen LogP contribution in [-0.2, 0) is 10.1 Å². The van der Waals surface area contributed by atoms with Gasteiger partial charge in [0.25, 0.3) is 10.1 Å². The predicted octanol–water partition coefficient (Wildman–Crippen LogP) is 6.63. The topological polar surface area (TPSA) is 112 Å². The minimum absolute atomic E-state index is 0.187. The third kappa shape index (κ3) is 4.25. The molecule has 6 rings (SSSR count). The molecule has 3 aromatic heterocycles. The SMILES string of the molecule is O=S(=O)(O)c1ccc(Cl)c(C2=Cc3cc4ccc(cc5ccc(cc6nc(cc2n3)C=C6)[nH]5)[nH]4)c1Cl. The van der Waals surface area contributed by atoms with E-state index in [1.54, 1.807) is 12.1 Å². The number of fused-ring (bicyclic) bond motifs is 8. The second-order valence-electron chi connectivity index (χ2n) is 8.30. The van der Waals surface area contributed by atoms with E-state index in [2.05, 4.69) is 15.0 Å². The number of benzene rings is 1. The first-order valence-corrected chi connectivity index (χ1v) is 13.0. The third-order valence-electron chi connectivity index (χ3n) is 5.77. The van der Waals surface area contributed by atoms with Crippen molar-refractivity contribution in [1.29, 1.82) is 0 Å². The third-order valence-corrected chi connectivity index (χ3v) is 7.48. The van der Waals surface area contributed by atoms with Gasteiger partial charge in [-0.3, -0.25) is 4.55 Å². The van der Waals surface area contributed by atoms with Gasteiger partial charge >= 0.3 is 0 Å². The van der Waals surface area contributed by atoms with Gasteiger partial charge in [0.1, 0.15) is 4.90 Å². The standard InChI is InChI=1S/C26H16Cl2N4O3S/c27-22-7-8-24(36(33,34)35)26(28)25(22)21-12-20-11-18-4-3-16(30-18)9-14-1-2-15(29-14)10-17-5-6-19(31-17)13-23(21)32-20/h1-13,29-30H,(H,33,34,35). The van der Waals surface area contributed by atoms with Gasteiger partial charge in [-0.05, 0) is 78.9 Å². The molecule has 0 fully saturated rings. The number of hydrogen-bond acceptors (Lipinski definition) is 4. The largest absolute Gasteiger partial charge is 0.355 e. The maximum absolute atomic E-state index is 11.9. The molecule has 5 heterocycles. The van der Waals surface area contributed by atoms with Crippen molar-refractivity contribution in [3.05, 3.63) is 99.0 Å². The lowest BCUT2D eigenvalue weighted by molar-refractivity contribution is 0.483. The number of hydrogen-bond donors (Lipinski definition) is 3. The Kier molecular flexibility index (Phi) is 5.35. The maximum Gasteiger partial charge on any atom is 0.296 e. The van der Waals surface area contributed by atoms with Crippen LogP contribution in [0.25, 0.3) is 45.9 Å². The van der Waals surface area contributed by atoms with Crippen LogP contribution >= 0.6 is 23.2 Å². The summed E-state index contributed by atoms with van der Waals surface area (Å²) in [5, 5.41) is 0.0310. The molecular weight excluding hydrogens is 519 g/mol. The van der Waals surface area contributed by atoms with Crippen LogP contribution in [0.3, 0.4) is 0 Å². The summed E-state index contributed by atoms with van der Waals surface area (Å²) in [5.74, 6) is 0. The van der Waals surface area contributed by atoms with Crippen LogP contribution in [-0.4, -0.2) is 32.9 Å². The summed E-state index contributed by atoms with van der Waals surface area (Å²) < 4.78 is 33.4. The molecule has 0 spiro atoms. The molecule has 36 heavy (non-hydrogen) atoms. The first-order valence-electron chi connectivity index (χ1n) is 10.8. The molecule has 2 aliphatic heterocycles. The fourth-order valence-electron chi connectivity index (χ4n) is 4.19. The van der Waals surface area contributed by atoms with Gasteiger partial charge in [0.15, 0.2) is 0 Å². The van der Waals surface area contributed by atoms with Crippen LogP contribution < -0.4 is 0 Å². The van der Waals surface area contributed by atoms with Crippen molar-refractivity contribution < 1.29 is 13.0 Å². The summed E-state index contributed by atoms with van der Waals surface area (Å²) >= 11 is 12.9. The van der Waals surface area contributed by atoms with Gasteiger partial charge in [-0.25, -0.2) is 9.97 Å². The molecule has 1 aromatic carbocycles. The molecule has 0 saturated heterocycles. The Morgan fingerprint density at radius 2 is 1.31 bits per heavy atom. The number of H-pyrrole nitrogens is 2. The average Bonchev–Trinajstić information content (AvgIpc) is 3.59. The van der Waals surface area contributed by atoms with Gasteiger partial charge in [0, 0.05) is 33.2 Å². The number of aromatic nitrogens is 4. The average molecular weight is 535 g/mol. The van der Waals surface area contributed by atoms with Crippen molar-refractivity contribution in [3.8, 4) is 0 Å². The fourth-order valence-corrected chi connectivity index (χ4v) is 5.63. The zero-order valence-corrected chi connectivity index (χ0v) is 20.7. The van der Waals surface area contributed by atoms with Gasteiger partial charge in [0.2, 0.25) is 0 Å². The van der Waals surface area contributed by atoms with E-state index in [-0.39, 0.29) is 15.6 Å². The number of halogens is 2. The highest BCUT2D eigenvalue weighted by atomic mass is 35.5. The Morgan fingerprint density at radius 1 is 0.722 bits per heavy atom. The van der Waals surface area contributed by atoms with Gasteiger partial charge in [-0.2, -0.15) is 8.42 Å². The summed E-state index contributed by atoms with van der Waals surface area (Å²) in [5.41, 5.74) is 6.84. The predicted molar refractivity (Wildman–Crippen MR) is 143 cm³/mol. The first-order chi connectivity index (χ1) is 17.2. The molecule has 0 amide bonds. The minimum atomic E-state index is -4.57. The van der Waals surface area contributed by atoms with E-state index in [1.165, 1.54) is 12.1 Å². The van der Waals surface area contributed by atoms with Gasteiger partial charge < -0.3 is 9.97 Å². The quantitative estimate of drug-likeness (QED) is 0.216. The summed E-state index contributed by atoms with van der Waals surface area (Å²) in [6.45, 7) is 0. The molecule has 8 bridgehead atoms. The summed E-state index contributed by atoms with van der Waals surface area (Å²) in [4.78, 5) is 15.7. The molecule has 0 aliphatic carbocycles.